The highest BCUT2D eigenvalue weighted by molar-refractivity contribution is 5.01. The van der Waals surface area contributed by atoms with Crippen LogP contribution in [0.2, 0.25) is 0 Å². The fraction of sp³-hybridized carbons (Fsp3) is 0.750. The van der Waals surface area contributed by atoms with E-state index in [-0.39, 0.29) is 6.10 Å². The van der Waals surface area contributed by atoms with Crippen molar-refractivity contribution in [3.8, 4) is 0 Å². The third kappa shape index (κ3) is 4.33. The summed E-state index contributed by atoms with van der Waals surface area (Å²) in [4.78, 5) is 0. The molecule has 0 saturated heterocycles. The summed E-state index contributed by atoms with van der Waals surface area (Å²) < 4.78 is 7.11. The minimum absolute atomic E-state index is 0.359. The topological polar surface area (TPSA) is 47.3 Å². The molecule has 1 rings (SSSR count). The molecule has 1 unspecified atom stereocenters. The molecule has 1 aromatic heterocycles. The van der Waals surface area contributed by atoms with Crippen molar-refractivity contribution in [3.63, 3.8) is 0 Å². The first-order valence-corrected chi connectivity index (χ1v) is 5.93. The van der Waals surface area contributed by atoms with Crippen molar-refractivity contribution < 1.29 is 9.84 Å². The van der Waals surface area contributed by atoms with Crippen LogP contribution in [-0.4, -0.2) is 34.2 Å². The number of aromatic nitrogens is 2. The molecule has 0 amide bonds. The maximum Gasteiger partial charge on any atom is 0.0650 e. The van der Waals surface area contributed by atoms with Crippen molar-refractivity contribution in [2.75, 3.05) is 13.2 Å². The van der Waals surface area contributed by atoms with Gasteiger partial charge in [-0.1, -0.05) is 0 Å². The smallest absolute Gasteiger partial charge is 0.0650 e. The van der Waals surface area contributed by atoms with Crippen LogP contribution in [0.3, 0.4) is 0 Å². The largest absolute Gasteiger partial charge is 0.393 e. The zero-order valence-electron chi connectivity index (χ0n) is 10.4. The molecule has 0 aromatic carbocycles. The summed E-state index contributed by atoms with van der Waals surface area (Å²) in [5.41, 5.74) is 0.942. The highest BCUT2D eigenvalue weighted by Crippen LogP contribution is 2.07. The van der Waals surface area contributed by atoms with Gasteiger partial charge in [0.1, 0.15) is 0 Å². The quantitative estimate of drug-likeness (QED) is 0.721. The third-order valence-electron chi connectivity index (χ3n) is 2.44. The van der Waals surface area contributed by atoms with Crippen LogP contribution in [0.5, 0.6) is 0 Å². The molecule has 0 aliphatic rings. The van der Waals surface area contributed by atoms with E-state index in [1.165, 1.54) is 0 Å². The lowest BCUT2D eigenvalue weighted by molar-refractivity contribution is 0.0882. The van der Waals surface area contributed by atoms with Gasteiger partial charge in [-0.3, -0.25) is 4.68 Å². The van der Waals surface area contributed by atoms with Crippen molar-refractivity contribution in [3.05, 3.63) is 18.0 Å². The number of aliphatic hydroxyl groups is 1. The van der Waals surface area contributed by atoms with E-state index in [4.69, 9.17) is 4.74 Å². The van der Waals surface area contributed by atoms with Gasteiger partial charge in [-0.2, -0.15) is 5.10 Å². The first-order valence-electron chi connectivity index (χ1n) is 5.93. The number of ether oxygens (including phenoxy) is 1. The van der Waals surface area contributed by atoms with Crippen molar-refractivity contribution in [2.45, 2.75) is 45.8 Å². The Morgan fingerprint density at radius 2 is 2.25 bits per heavy atom. The molecule has 1 atom stereocenters. The SMILES string of the molecule is CCOCCC(O)Cc1ccn(C(C)C)n1. The van der Waals surface area contributed by atoms with E-state index in [1.54, 1.807) is 0 Å². The van der Waals surface area contributed by atoms with E-state index in [9.17, 15) is 5.11 Å². The van der Waals surface area contributed by atoms with Gasteiger partial charge in [-0.05, 0) is 33.3 Å². The Labute approximate surface area is 97.2 Å². The average molecular weight is 226 g/mol. The zero-order chi connectivity index (χ0) is 12.0. The summed E-state index contributed by atoms with van der Waals surface area (Å²) in [6.07, 6.45) is 2.87. The van der Waals surface area contributed by atoms with Gasteiger partial charge in [0.2, 0.25) is 0 Å². The molecule has 0 aliphatic heterocycles. The fourth-order valence-corrected chi connectivity index (χ4v) is 1.48. The van der Waals surface area contributed by atoms with Gasteiger partial charge in [-0.15, -0.1) is 0 Å². The Morgan fingerprint density at radius 1 is 1.50 bits per heavy atom. The van der Waals surface area contributed by atoms with Gasteiger partial charge < -0.3 is 9.84 Å². The van der Waals surface area contributed by atoms with Crippen LogP contribution < -0.4 is 0 Å². The molecule has 1 heterocycles. The Morgan fingerprint density at radius 3 is 2.81 bits per heavy atom. The van der Waals surface area contributed by atoms with Crippen LogP contribution in [0, 0.1) is 0 Å². The summed E-state index contributed by atoms with van der Waals surface area (Å²) in [6.45, 7) is 7.44. The van der Waals surface area contributed by atoms with Crippen LogP contribution in [0.4, 0.5) is 0 Å². The van der Waals surface area contributed by atoms with Crippen LogP contribution in [0.1, 0.15) is 38.9 Å². The third-order valence-corrected chi connectivity index (χ3v) is 2.44. The maximum absolute atomic E-state index is 9.75. The molecule has 0 radical (unpaired) electrons. The summed E-state index contributed by atoms with van der Waals surface area (Å²) in [7, 11) is 0. The second-order valence-electron chi connectivity index (χ2n) is 4.22. The molecular formula is C12H22N2O2. The molecule has 0 saturated carbocycles. The monoisotopic (exact) mass is 226 g/mol. The Balaban J connectivity index is 2.34. The highest BCUT2D eigenvalue weighted by atomic mass is 16.5. The van der Waals surface area contributed by atoms with E-state index in [0.717, 1.165) is 5.69 Å². The molecule has 4 heteroatoms. The standard InChI is InChI=1S/C12H22N2O2/c1-4-16-8-6-12(15)9-11-5-7-14(13-11)10(2)3/h5,7,10,12,15H,4,6,8-9H2,1-3H3. The van der Waals surface area contributed by atoms with Gasteiger partial charge in [0.15, 0.2) is 0 Å². The van der Waals surface area contributed by atoms with E-state index >= 15 is 0 Å². The van der Waals surface area contributed by atoms with Gasteiger partial charge in [0, 0.05) is 31.9 Å². The van der Waals surface area contributed by atoms with Crippen molar-refractivity contribution >= 4 is 0 Å². The zero-order valence-corrected chi connectivity index (χ0v) is 10.4. The molecule has 16 heavy (non-hydrogen) atoms. The predicted octanol–water partition coefficient (Wildman–Crippen LogP) is 1.79. The van der Waals surface area contributed by atoms with Gasteiger partial charge >= 0.3 is 0 Å². The molecule has 0 aliphatic carbocycles. The fourth-order valence-electron chi connectivity index (χ4n) is 1.48. The first kappa shape index (κ1) is 13.2. The highest BCUT2D eigenvalue weighted by Gasteiger charge is 2.08. The van der Waals surface area contributed by atoms with Crippen molar-refractivity contribution in [1.29, 1.82) is 0 Å². The lowest BCUT2D eigenvalue weighted by Gasteiger charge is -2.09. The molecule has 1 aromatic rings. The van der Waals surface area contributed by atoms with E-state index in [0.29, 0.717) is 32.1 Å². The lowest BCUT2D eigenvalue weighted by Crippen LogP contribution is -2.14. The van der Waals surface area contributed by atoms with E-state index in [2.05, 4.69) is 18.9 Å². The molecule has 4 nitrogen and oxygen atoms in total. The number of hydrogen-bond donors (Lipinski definition) is 1. The predicted molar refractivity (Wildman–Crippen MR) is 63.4 cm³/mol. The van der Waals surface area contributed by atoms with Crippen molar-refractivity contribution in [1.82, 2.24) is 9.78 Å². The summed E-state index contributed by atoms with van der Waals surface area (Å²) in [5, 5.41) is 14.1. The lowest BCUT2D eigenvalue weighted by atomic mass is 10.1. The molecule has 0 fully saturated rings. The summed E-state index contributed by atoms with van der Waals surface area (Å²) >= 11 is 0. The van der Waals surface area contributed by atoms with E-state index in [1.807, 2.05) is 23.9 Å². The molecular weight excluding hydrogens is 204 g/mol. The summed E-state index contributed by atoms with van der Waals surface area (Å²) in [6, 6.07) is 2.33. The number of nitrogens with zero attached hydrogens (tertiary/aromatic N) is 2. The second kappa shape index (κ2) is 6.66. The van der Waals surface area contributed by atoms with Crippen LogP contribution in [0.15, 0.2) is 12.3 Å². The second-order valence-corrected chi connectivity index (χ2v) is 4.22. The Hall–Kier alpha value is -0.870. The number of hydrogen-bond acceptors (Lipinski definition) is 3. The maximum atomic E-state index is 9.75. The average Bonchev–Trinajstić information content (AvgIpc) is 2.66. The van der Waals surface area contributed by atoms with Crippen LogP contribution in [-0.2, 0) is 11.2 Å². The first-order chi connectivity index (χ1) is 7.63. The number of aliphatic hydroxyl groups excluding tert-OH is 1. The van der Waals surface area contributed by atoms with Crippen LogP contribution in [0.25, 0.3) is 0 Å². The van der Waals surface area contributed by atoms with Gasteiger partial charge in [0.05, 0.1) is 11.8 Å². The number of rotatable bonds is 7. The van der Waals surface area contributed by atoms with E-state index < -0.39 is 0 Å². The molecule has 0 spiro atoms. The summed E-state index contributed by atoms with van der Waals surface area (Å²) in [5.74, 6) is 0. The molecule has 0 bridgehead atoms. The molecule has 1 N–H and O–H groups in total. The van der Waals surface area contributed by atoms with Crippen molar-refractivity contribution in [2.24, 2.45) is 0 Å². The van der Waals surface area contributed by atoms with Gasteiger partial charge in [-0.25, -0.2) is 0 Å². The minimum atomic E-state index is -0.359. The van der Waals surface area contributed by atoms with Crippen LogP contribution >= 0.6 is 0 Å². The Bertz CT molecular complexity index is 297. The van der Waals surface area contributed by atoms with Gasteiger partial charge in [0.25, 0.3) is 0 Å². The molecule has 92 valence electrons. The normalized spacial score (nSPS) is 13.3. The Kier molecular flexibility index (Phi) is 5.49. The minimum Gasteiger partial charge on any atom is -0.393 e.